The van der Waals surface area contributed by atoms with Gasteiger partial charge in [0.05, 0.1) is 11.2 Å². The van der Waals surface area contributed by atoms with Crippen LogP contribution in [0, 0.1) is 5.82 Å². The fourth-order valence-corrected chi connectivity index (χ4v) is 4.01. The van der Waals surface area contributed by atoms with Crippen LogP contribution in [-0.4, -0.2) is 18.2 Å². The molecule has 0 aliphatic rings. The molecular weight excluding hydrogens is 502 g/mol. The molecule has 8 heteroatoms. The standard InChI is InChI=1S/C28H23Cl2FN2O3/c1-2-25(36-27-14-10-20(29)15-24(27)30)28(34)33-32-16-23-22-6-4-3-5-19(22)9-13-26(23)35-17-18-7-11-21(31)12-8-18/h3-16,25H,2,17H2,1H3,(H,33,34)/b32-16+. The smallest absolute Gasteiger partial charge is 0.281 e. The highest BCUT2D eigenvalue weighted by Crippen LogP contribution is 2.29. The van der Waals surface area contributed by atoms with Crippen molar-refractivity contribution >= 4 is 46.1 Å². The van der Waals surface area contributed by atoms with E-state index in [1.165, 1.54) is 12.1 Å². The lowest BCUT2D eigenvalue weighted by molar-refractivity contribution is -0.128. The Morgan fingerprint density at radius 2 is 1.78 bits per heavy atom. The molecule has 1 unspecified atom stereocenters. The maximum atomic E-state index is 13.2. The van der Waals surface area contributed by atoms with E-state index >= 15 is 0 Å². The lowest BCUT2D eigenvalue weighted by Crippen LogP contribution is -2.35. The zero-order valence-corrected chi connectivity index (χ0v) is 20.9. The first-order chi connectivity index (χ1) is 17.4. The van der Waals surface area contributed by atoms with Gasteiger partial charge in [-0.1, -0.05) is 72.6 Å². The van der Waals surface area contributed by atoms with Crippen molar-refractivity contribution in [1.29, 1.82) is 0 Å². The number of hydrogen-bond acceptors (Lipinski definition) is 4. The number of carbonyl (C=O) groups excluding carboxylic acids is 1. The molecule has 0 radical (unpaired) electrons. The predicted molar refractivity (Wildman–Crippen MR) is 142 cm³/mol. The van der Waals surface area contributed by atoms with Crippen LogP contribution >= 0.6 is 23.2 Å². The average molecular weight is 525 g/mol. The lowest BCUT2D eigenvalue weighted by atomic mass is 10.0. The molecule has 1 N–H and O–H groups in total. The van der Waals surface area contributed by atoms with Gasteiger partial charge in [-0.3, -0.25) is 4.79 Å². The van der Waals surface area contributed by atoms with Gasteiger partial charge in [0.1, 0.15) is 23.9 Å². The average Bonchev–Trinajstić information content (AvgIpc) is 2.88. The van der Waals surface area contributed by atoms with Crippen LogP contribution in [-0.2, 0) is 11.4 Å². The summed E-state index contributed by atoms with van der Waals surface area (Å²) in [5.74, 6) is 0.208. The van der Waals surface area contributed by atoms with E-state index in [2.05, 4.69) is 10.5 Å². The van der Waals surface area contributed by atoms with Crippen molar-refractivity contribution in [2.24, 2.45) is 5.10 Å². The summed E-state index contributed by atoms with van der Waals surface area (Å²) in [5, 5.41) is 6.87. The van der Waals surface area contributed by atoms with Gasteiger partial charge in [0, 0.05) is 10.6 Å². The maximum Gasteiger partial charge on any atom is 0.281 e. The Morgan fingerprint density at radius 1 is 1.03 bits per heavy atom. The van der Waals surface area contributed by atoms with Gasteiger partial charge in [-0.05, 0) is 59.2 Å². The van der Waals surface area contributed by atoms with Gasteiger partial charge in [0.2, 0.25) is 0 Å². The summed E-state index contributed by atoms with van der Waals surface area (Å²) in [6.45, 7) is 2.07. The largest absolute Gasteiger partial charge is 0.488 e. The van der Waals surface area contributed by atoms with Gasteiger partial charge in [0.15, 0.2) is 6.10 Å². The van der Waals surface area contributed by atoms with Crippen LogP contribution in [0.1, 0.15) is 24.5 Å². The number of nitrogens with one attached hydrogen (secondary N) is 1. The number of benzene rings is 4. The second-order valence-electron chi connectivity index (χ2n) is 7.94. The molecule has 0 heterocycles. The van der Waals surface area contributed by atoms with Crippen molar-refractivity contribution < 1.29 is 18.7 Å². The van der Waals surface area contributed by atoms with E-state index in [0.29, 0.717) is 33.5 Å². The number of hydrazone groups is 1. The first-order valence-electron chi connectivity index (χ1n) is 11.3. The summed E-state index contributed by atoms with van der Waals surface area (Å²) in [7, 11) is 0. The molecule has 0 fully saturated rings. The molecular formula is C28H23Cl2FN2O3. The third-order valence-corrected chi connectivity index (χ3v) is 5.96. The van der Waals surface area contributed by atoms with Gasteiger partial charge in [-0.15, -0.1) is 0 Å². The summed E-state index contributed by atoms with van der Waals surface area (Å²) in [5.41, 5.74) is 4.07. The molecule has 0 aliphatic heterocycles. The molecule has 4 rings (SSSR count). The summed E-state index contributed by atoms with van der Waals surface area (Å²) < 4.78 is 25.0. The highest BCUT2D eigenvalue weighted by atomic mass is 35.5. The number of halogens is 3. The maximum absolute atomic E-state index is 13.2. The Balaban J connectivity index is 1.51. The van der Waals surface area contributed by atoms with Gasteiger partial charge in [-0.2, -0.15) is 5.10 Å². The number of nitrogens with zero attached hydrogens (tertiary/aromatic N) is 1. The minimum Gasteiger partial charge on any atom is -0.488 e. The van der Waals surface area contributed by atoms with Crippen molar-refractivity contribution in [3.05, 3.63) is 106 Å². The van der Waals surface area contributed by atoms with E-state index in [4.69, 9.17) is 32.7 Å². The van der Waals surface area contributed by atoms with Crippen LogP contribution in [0.25, 0.3) is 10.8 Å². The SMILES string of the molecule is CCC(Oc1ccc(Cl)cc1Cl)C(=O)N/N=C/c1c(OCc2ccc(F)cc2)ccc2ccccc12. The van der Waals surface area contributed by atoms with Crippen LogP contribution in [0.15, 0.2) is 84.0 Å². The molecule has 1 atom stereocenters. The molecule has 1 amide bonds. The summed E-state index contributed by atoms with van der Waals surface area (Å²) in [4.78, 5) is 12.8. The van der Waals surface area contributed by atoms with E-state index in [1.807, 2.05) is 43.3 Å². The Labute approximate surface area is 218 Å². The Morgan fingerprint density at radius 3 is 2.53 bits per heavy atom. The number of rotatable bonds is 9. The number of carbonyl (C=O) groups is 1. The van der Waals surface area contributed by atoms with Gasteiger partial charge in [-0.25, -0.2) is 9.82 Å². The molecule has 0 saturated carbocycles. The summed E-state index contributed by atoms with van der Waals surface area (Å²) in [6.07, 6.45) is 1.14. The monoisotopic (exact) mass is 524 g/mol. The van der Waals surface area contributed by atoms with Crippen LogP contribution in [0.3, 0.4) is 0 Å². The predicted octanol–water partition coefficient (Wildman–Crippen LogP) is 7.17. The molecule has 0 spiro atoms. The normalized spacial score (nSPS) is 12.0. The fraction of sp³-hybridized carbons (Fsp3) is 0.143. The number of fused-ring (bicyclic) bond motifs is 1. The third-order valence-electron chi connectivity index (χ3n) is 5.43. The van der Waals surface area contributed by atoms with Crippen LogP contribution in [0.5, 0.6) is 11.5 Å². The first kappa shape index (κ1) is 25.5. The summed E-state index contributed by atoms with van der Waals surface area (Å²) >= 11 is 12.1. The van der Waals surface area contributed by atoms with E-state index in [9.17, 15) is 9.18 Å². The van der Waals surface area contributed by atoms with E-state index in [0.717, 1.165) is 16.3 Å². The van der Waals surface area contributed by atoms with Crippen LogP contribution in [0.2, 0.25) is 10.0 Å². The van der Waals surface area contributed by atoms with Crippen molar-refractivity contribution in [3.8, 4) is 11.5 Å². The highest BCUT2D eigenvalue weighted by Gasteiger charge is 2.19. The zero-order chi connectivity index (χ0) is 25.5. The molecule has 184 valence electrons. The topological polar surface area (TPSA) is 59.9 Å². The lowest BCUT2D eigenvalue weighted by Gasteiger charge is -2.17. The fourth-order valence-electron chi connectivity index (χ4n) is 3.56. The first-order valence-corrected chi connectivity index (χ1v) is 12.0. The zero-order valence-electron chi connectivity index (χ0n) is 19.4. The minimum absolute atomic E-state index is 0.249. The Bertz CT molecular complexity index is 1390. The number of hydrogen-bond donors (Lipinski definition) is 1. The minimum atomic E-state index is -0.803. The van der Waals surface area contributed by atoms with Crippen molar-refractivity contribution in [3.63, 3.8) is 0 Å². The number of amides is 1. The van der Waals surface area contributed by atoms with Gasteiger partial charge in [0.25, 0.3) is 5.91 Å². The highest BCUT2D eigenvalue weighted by molar-refractivity contribution is 6.35. The Kier molecular flexibility index (Phi) is 8.41. The van der Waals surface area contributed by atoms with E-state index in [1.54, 1.807) is 36.5 Å². The molecule has 0 bridgehead atoms. The van der Waals surface area contributed by atoms with Crippen molar-refractivity contribution in [2.45, 2.75) is 26.1 Å². The summed E-state index contributed by atoms with van der Waals surface area (Å²) in [6, 6.07) is 22.5. The van der Waals surface area contributed by atoms with Crippen LogP contribution < -0.4 is 14.9 Å². The molecule has 36 heavy (non-hydrogen) atoms. The van der Waals surface area contributed by atoms with E-state index in [-0.39, 0.29) is 12.4 Å². The van der Waals surface area contributed by atoms with Crippen molar-refractivity contribution in [2.75, 3.05) is 0 Å². The molecule has 4 aromatic carbocycles. The molecule has 0 aliphatic carbocycles. The molecule has 5 nitrogen and oxygen atoms in total. The Hall–Kier alpha value is -3.61. The third kappa shape index (κ3) is 6.33. The van der Waals surface area contributed by atoms with E-state index < -0.39 is 12.0 Å². The quantitative estimate of drug-likeness (QED) is 0.186. The molecule has 0 aromatic heterocycles. The number of ether oxygens (including phenoxy) is 2. The second kappa shape index (κ2) is 11.9. The van der Waals surface area contributed by atoms with Gasteiger partial charge >= 0.3 is 0 Å². The molecule has 0 saturated heterocycles. The second-order valence-corrected chi connectivity index (χ2v) is 8.78. The van der Waals surface area contributed by atoms with Crippen LogP contribution in [0.4, 0.5) is 4.39 Å². The molecule has 4 aromatic rings. The van der Waals surface area contributed by atoms with Gasteiger partial charge < -0.3 is 9.47 Å². The van der Waals surface area contributed by atoms with Crippen molar-refractivity contribution in [1.82, 2.24) is 5.43 Å².